The molecule has 0 rings (SSSR count). The fourth-order valence-corrected chi connectivity index (χ4v) is 9.45. The van der Waals surface area contributed by atoms with Crippen LogP contribution in [0.4, 0.5) is 0 Å². The van der Waals surface area contributed by atoms with Gasteiger partial charge >= 0.3 is 17.9 Å². The smallest absolute Gasteiger partial charge is 0.306 e. The molecule has 6 heteroatoms. The number of ether oxygens (including phenoxy) is 3. The fourth-order valence-electron chi connectivity index (χ4n) is 9.45. The van der Waals surface area contributed by atoms with Crippen molar-refractivity contribution in [2.24, 2.45) is 0 Å². The minimum atomic E-state index is -0.828. The molecule has 0 fully saturated rings. The molecule has 1 unspecified atom stereocenters. The quantitative estimate of drug-likeness (QED) is 0.0261. The average molecular weight is 1150 g/mol. The third-order valence-electron chi connectivity index (χ3n) is 14.6. The first kappa shape index (κ1) is 78.5. The van der Waals surface area contributed by atoms with E-state index in [1.807, 2.05) is 6.08 Å². The van der Waals surface area contributed by atoms with Gasteiger partial charge in [0.15, 0.2) is 6.10 Å². The monoisotopic (exact) mass is 1150 g/mol. The number of hydrogen-bond donors (Lipinski definition) is 0. The van der Waals surface area contributed by atoms with E-state index in [0.717, 1.165) is 103 Å². The number of carbonyl (C=O) groups excluding carboxylic acids is 3. The van der Waals surface area contributed by atoms with E-state index in [2.05, 4.69) is 148 Å². The van der Waals surface area contributed by atoms with Crippen molar-refractivity contribution in [3.63, 3.8) is 0 Å². The molecule has 6 nitrogen and oxygen atoms in total. The van der Waals surface area contributed by atoms with Gasteiger partial charge in [0.1, 0.15) is 13.2 Å². The maximum Gasteiger partial charge on any atom is 0.306 e. The molecular formula is C77H128O6. The summed E-state index contributed by atoms with van der Waals surface area (Å²) >= 11 is 0. The van der Waals surface area contributed by atoms with Gasteiger partial charge < -0.3 is 14.2 Å². The largest absolute Gasteiger partial charge is 0.462 e. The maximum absolute atomic E-state index is 12.9. The van der Waals surface area contributed by atoms with E-state index in [4.69, 9.17) is 14.2 Å². The molecule has 0 aromatic heterocycles. The zero-order valence-electron chi connectivity index (χ0n) is 54.2. The van der Waals surface area contributed by atoms with Crippen LogP contribution in [0.5, 0.6) is 0 Å². The zero-order chi connectivity index (χ0) is 59.9. The fraction of sp³-hybridized carbons (Fsp3) is 0.675. The number of carbonyl (C=O) groups is 3. The Morgan fingerprint density at radius 1 is 0.253 bits per heavy atom. The predicted octanol–water partition coefficient (Wildman–Crippen LogP) is 24.1. The lowest BCUT2D eigenvalue weighted by Gasteiger charge is -2.18. The van der Waals surface area contributed by atoms with Crippen LogP contribution < -0.4 is 0 Å². The van der Waals surface area contributed by atoms with Crippen LogP contribution in [0.25, 0.3) is 0 Å². The number of allylic oxidation sites excluding steroid dienone is 22. The summed E-state index contributed by atoms with van der Waals surface area (Å²) < 4.78 is 16.9. The lowest BCUT2D eigenvalue weighted by Crippen LogP contribution is -2.30. The van der Waals surface area contributed by atoms with Crippen molar-refractivity contribution >= 4 is 17.9 Å². The lowest BCUT2D eigenvalue weighted by atomic mass is 10.0. The molecule has 0 bridgehead atoms. The maximum atomic E-state index is 12.9. The minimum absolute atomic E-state index is 0.113. The third-order valence-corrected chi connectivity index (χ3v) is 14.6. The number of unbranched alkanes of at least 4 members (excludes halogenated alkanes) is 29. The van der Waals surface area contributed by atoms with E-state index in [1.54, 1.807) is 0 Å². The molecule has 0 saturated carbocycles. The Kier molecular flexibility index (Phi) is 66.3. The van der Waals surface area contributed by atoms with Gasteiger partial charge in [0.2, 0.25) is 0 Å². The Morgan fingerprint density at radius 2 is 0.494 bits per heavy atom. The van der Waals surface area contributed by atoms with E-state index in [0.29, 0.717) is 19.3 Å². The highest BCUT2D eigenvalue weighted by Crippen LogP contribution is 2.16. The zero-order valence-corrected chi connectivity index (χ0v) is 54.2. The van der Waals surface area contributed by atoms with Crippen LogP contribution in [0.1, 0.15) is 316 Å². The summed E-state index contributed by atoms with van der Waals surface area (Å²) in [4.78, 5) is 38.4. The first-order chi connectivity index (χ1) is 41.0. The Balaban J connectivity index is 4.40. The molecule has 0 aliphatic rings. The lowest BCUT2D eigenvalue weighted by molar-refractivity contribution is -0.166. The third kappa shape index (κ3) is 68.2. The highest BCUT2D eigenvalue weighted by molar-refractivity contribution is 5.71. The molecule has 0 aromatic carbocycles. The van der Waals surface area contributed by atoms with Crippen molar-refractivity contribution < 1.29 is 28.6 Å². The summed E-state index contributed by atoms with van der Waals surface area (Å²) in [5, 5.41) is 0. The molecule has 472 valence electrons. The number of hydrogen-bond acceptors (Lipinski definition) is 6. The molecule has 0 aliphatic carbocycles. The summed E-state index contributed by atoms with van der Waals surface area (Å²) in [5.74, 6) is -1.00. The van der Waals surface area contributed by atoms with Crippen LogP contribution in [0.15, 0.2) is 134 Å². The first-order valence-corrected chi connectivity index (χ1v) is 34.7. The van der Waals surface area contributed by atoms with Crippen LogP contribution >= 0.6 is 0 Å². The van der Waals surface area contributed by atoms with E-state index < -0.39 is 12.1 Å². The number of rotatable bonds is 62. The minimum Gasteiger partial charge on any atom is -0.462 e. The van der Waals surface area contributed by atoms with Crippen LogP contribution in [0, 0.1) is 0 Å². The topological polar surface area (TPSA) is 78.9 Å². The second-order valence-corrected chi connectivity index (χ2v) is 22.7. The van der Waals surface area contributed by atoms with Gasteiger partial charge in [-0.1, -0.05) is 302 Å². The summed E-state index contributed by atoms with van der Waals surface area (Å²) in [5.41, 5.74) is 0. The van der Waals surface area contributed by atoms with Crippen LogP contribution in [0.3, 0.4) is 0 Å². The van der Waals surface area contributed by atoms with Gasteiger partial charge in [-0.15, -0.1) is 0 Å². The second-order valence-electron chi connectivity index (χ2n) is 22.7. The summed E-state index contributed by atoms with van der Waals surface area (Å²) in [6, 6.07) is 0. The SMILES string of the molecule is CC/C=C\C/C=C\C/C=C\C/C=C\C/C=C\C/C=C\CCC(=O)OC(COC(=O)CCCCCCCCC/C=C\C/C=C\CCCCC)COC(=O)CCCCCCCCCCCCCCCC/C=C\C/C=C\C/C=C\CCCCCCC. The van der Waals surface area contributed by atoms with Gasteiger partial charge in [-0.25, -0.2) is 0 Å². The van der Waals surface area contributed by atoms with Gasteiger partial charge in [-0.3, -0.25) is 14.4 Å². The molecule has 0 heterocycles. The Hall–Kier alpha value is -4.45. The summed E-state index contributed by atoms with van der Waals surface area (Å²) in [6.45, 7) is 6.44. The molecule has 0 aromatic rings. The second kappa shape index (κ2) is 70.0. The molecule has 0 spiro atoms. The van der Waals surface area contributed by atoms with Crippen LogP contribution in [-0.4, -0.2) is 37.2 Å². The highest BCUT2D eigenvalue weighted by Gasteiger charge is 2.19. The first-order valence-electron chi connectivity index (χ1n) is 34.7. The molecule has 0 saturated heterocycles. The van der Waals surface area contributed by atoms with Gasteiger partial charge in [0.25, 0.3) is 0 Å². The highest BCUT2D eigenvalue weighted by atomic mass is 16.6. The summed E-state index contributed by atoms with van der Waals surface area (Å²) in [7, 11) is 0. The predicted molar refractivity (Wildman–Crippen MR) is 362 cm³/mol. The van der Waals surface area contributed by atoms with Crippen molar-refractivity contribution in [3.8, 4) is 0 Å². The van der Waals surface area contributed by atoms with Gasteiger partial charge in [0.05, 0.1) is 0 Å². The van der Waals surface area contributed by atoms with Crippen LogP contribution in [-0.2, 0) is 28.6 Å². The average Bonchev–Trinajstić information content (AvgIpc) is 3.49. The Labute approximate surface area is 513 Å². The van der Waals surface area contributed by atoms with Crippen molar-refractivity contribution in [1.29, 1.82) is 0 Å². The molecule has 83 heavy (non-hydrogen) atoms. The Morgan fingerprint density at radius 3 is 0.807 bits per heavy atom. The molecule has 1 atom stereocenters. The van der Waals surface area contributed by atoms with E-state index in [9.17, 15) is 14.4 Å². The van der Waals surface area contributed by atoms with Crippen LogP contribution in [0.2, 0.25) is 0 Å². The molecule has 0 radical (unpaired) electrons. The van der Waals surface area contributed by atoms with E-state index >= 15 is 0 Å². The van der Waals surface area contributed by atoms with Gasteiger partial charge in [-0.2, -0.15) is 0 Å². The number of esters is 3. The standard InChI is InChI=1S/C77H128O6/c1-4-7-10-13-16-19-22-25-28-31-33-34-35-36-37-38-39-40-41-42-44-46-49-52-55-58-61-64-67-70-76(79)82-73-74(72-81-75(78)69-66-63-60-57-54-51-48-45-30-27-24-21-18-15-12-9-6-3)83-77(80)71-68-65-62-59-56-53-50-47-43-32-29-26-23-20-17-14-11-8-5-2/h8,11,17-18,20-22,25-27,29-31,33,35-36,43,47,53,56,62,65,74H,4-7,9-10,12-16,19,23-24,28,32,34,37-42,44-46,48-52,54-55,57-61,63-64,66-73H2,1-3H3/b11-8-,20-17-,21-18-,25-22-,29-26-,30-27-,33-31-,36-35-,47-43-,56-53-,65-62-. The molecule has 0 amide bonds. The molecule has 0 aliphatic heterocycles. The van der Waals surface area contributed by atoms with Crippen molar-refractivity contribution in [3.05, 3.63) is 134 Å². The van der Waals surface area contributed by atoms with Crippen molar-refractivity contribution in [2.45, 2.75) is 322 Å². The van der Waals surface area contributed by atoms with Crippen molar-refractivity contribution in [2.75, 3.05) is 13.2 Å². The van der Waals surface area contributed by atoms with E-state index in [-0.39, 0.29) is 31.6 Å². The Bertz CT molecular complexity index is 1750. The summed E-state index contributed by atoms with van der Waals surface area (Å²) in [6.07, 6.45) is 99.1. The van der Waals surface area contributed by atoms with Gasteiger partial charge in [0, 0.05) is 19.3 Å². The van der Waals surface area contributed by atoms with E-state index in [1.165, 1.54) is 167 Å². The molecular weight excluding hydrogens is 1020 g/mol. The normalized spacial score (nSPS) is 13.0. The van der Waals surface area contributed by atoms with Crippen molar-refractivity contribution in [1.82, 2.24) is 0 Å². The van der Waals surface area contributed by atoms with Gasteiger partial charge in [-0.05, 0) is 128 Å². The molecule has 0 N–H and O–H groups in total.